The molecule has 0 atom stereocenters. The van der Waals surface area contributed by atoms with Crippen molar-refractivity contribution in [1.29, 1.82) is 0 Å². The molecular formula is C10H11ClN4S. The molecule has 0 unspecified atom stereocenters. The number of thiophene rings is 1. The lowest BCUT2D eigenvalue weighted by atomic mass is 10.4. The summed E-state index contributed by atoms with van der Waals surface area (Å²) in [6.45, 7) is 1.36. The molecule has 2 rings (SSSR count). The van der Waals surface area contributed by atoms with Crippen LogP contribution in [0.5, 0.6) is 0 Å². The molecule has 0 saturated heterocycles. The number of anilines is 1. The average Bonchev–Trinajstić information content (AvgIpc) is 2.64. The number of aromatic nitrogens is 2. The van der Waals surface area contributed by atoms with E-state index in [0.717, 1.165) is 10.9 Å². The number of halogens is 1. The number of hydrogen-bond acceptors (Lipinski definition) is 5. The lowest BCUT2D eigenvalue weighted by Crippen LogP contribution is -2.14. The molecule has 16 heavy (non-hydrogen) atoms. The summed E-state index contributed by atoms with van der Waals surface area (Å²) >= 11 is 7.39. The van der Waals surface area contributed by atoms with Gasteiger partial charge in [0.1, 0.15) is 11.6 Å². The van der Waals surface area contributed by atoms with Crippen LogP contribution < -0.4 is 11.1 Å². The molecule has 0 aliphatic heterocycles. The van der Waals surface area contributed by atoms with Crippen LogP contribution in [-0.4, -0.2) is 9.97 Å². The molecule has 3 N–H and O–H groups in total. The second kappa shape index (κ2) is 5.25. The zero-order valence-electron chi connectivity index (χ0n) is 8.48. The molecule has 0 fully saturated rings. The lowest BCUT2D eigenvalue weighted by molar-refractivity contribution is 0.669. The Labute approximate surface area is 102 Å². The zero-order chi connectivity index (χ0) is 11.4. The average molecular weight is 255 g/mol. The van der Waals surface area contributed by atoms with E-state index in [1.807, 2.05) is 12.1 Å². The topological polar surface area (TPSA) is 63.8 Å². The van der Waals surface area contributed by atoms with E-state index in [0.29, 0.717) is 18.2 Å². The summed E-state index contributed by atoms with van der Waals surface area (Å²) in [6, 6.07) is 5.56. The first-order valence-electron chi connectivity index (χ1n) is 4.76. The Morgan fingerprint density at radius 3 is 2.88 bits per heavy atom. The van der Waals surface area contributed by atoms with Gasteiger partial charge in [0.2, 0.25) is 0 Å². The first-order chi connectivity index (χ1) is 7.74. The number of hydrogen-bond donors (Lipinski definition) is 2. The maximum atomic E-state index is 5.83. The quantitative estimate of drug-likeness (QED) is 0.877. The fourth-order valence-electron chi connectivity index (χ4n) is 1.24. The minimum Gasteiger partial charge on any atom is -0.384 e. The summed E-state index contributed by atoms with van der Waals surface area (Å²) in [5.41, 5.74) is 5.55. The van der Waals surface area contributed by atoms with Gasteiger partial charge in [-0.05, 0) is 18.2 Å². The second-order valence-corrected chi connectivity index (χ2v) is 5.01. The Bertz CT molecular complexity index is 471. The van der Waals surface area contributed by atoms with Gasteiger partial charge in [-0.2, -0.15) is 0 Å². The lowest BCUT2D eigenvalue weighted by Gasteiger charge is -2.02. The Kier molecular flexibility index (Phi) is 3.71. The maximum absolute atomic E-state index is 5.83. The third-order valence-electron chi connectivity index (χ3n) is 1.94. The number of nitrogen functional groups attached to an aromatic ring is 1. The van der Waals surface area contributed by atoms with Crippen LogP contribution in [0.25, 0.3) is 0 Å². The summed E-state index contributed by atoms with van der Waals surface area (Å²) in [7, 11) is 0. The molecule has 0 aromatic carbocycles. The van der Waals surface area contributed by atoms with Gasteiger partial charge in [0.25, 0.3) is 0 Å². The van der Waals surface area contributed by atoms with E-state index in [4.69, 9.17) is 17.3 Å². The monoisotopic (exact) mass is 254 g/mol. The van der Waals surface area contributed by atoms with Crippen molar-refractivity contribution in [3.8, 4) is 0 Å². The van der Waals surface area contributed by atoms with Crippen LogP contribution in [0.4, 0.5) is 5.82 Å². The number of nitrogens with one attached hydrogen (secondary N) is 1. The van der Waals surface area contributed by atoms with Gasteiger partial charge in [-0.1, -0.05) is 11.6 Å². The van der Waals surface area contributed by atoms with E-state index in [9.17, 15) is 0 Å². The SMILES string of the molecule is Nc1ccnc(CNCc2ccc(Cl)s2)n1. The smallest absolute Gasteiger partial charge is 0.144 e. The molecule has 0 aliphatic rings. The summed E-state index contributed by atoms with van der Waals surface area (Å²) in [4.78, 5) is 9.38. The summed E-state index contributed by atoms with van der Waals surface area (Å²) in [6.07, 6.45) is 1.65. The van der Waals surface area contributed by atoms with Crippen LogP contribution >= 0.6 is 22.9 Å². The van der Waals surface area contributed by atoms with Crippen molar-refractivity contribution in [2.24, 2.45) is 0 Å². The predicted molar refractivity (Wildman–Crippen MR) is 66.3 cm³/mol. The molecule has 84 valence electrons. The minimum atomic E-state index is 0.492. The van der Waals surface area contributed by atoms with Crippen molar-refractivity contribution >= 4 is 28.8 Å². The second-order valence-electron chi connectivity index (χ2n) is 3.21. The van der Waals surface area contributed by atoms with Gasteiger partial charge in [0.05, 0.1) is 10.9 Å². The third kappa shape index (κ3) is 3.16. The molecule has 0 amide bonds. The van der Waals surface area contributed by atoms with Gasteiger partial charge >= 0.3 is 0 Å². The Balaban J connectivity index is 1.84. The van der Waals surface area contributed by atoms with Crippen LogP contribution in [0, 0.1) is 0 Å². The molecule has 2 heterocycles. The van der Waals surface area contributed by atoms with Crippen LogP contribution in [0.3, 0.4) is 0 Å². The molecule has 2 aromatic heterocycles. The molecule has 0 spiro atoms. The maximum Gasteiger partial charge on any atom is 0.144 e. The molecule has 6 heteroatoms. The summed E-state index contributed by atoms with van der Waals surface area (Å²) in [5.74, 6) is 1.19. The molecule has 0 radical (unpaired) electrons. The van der Waals surface area contributed by atoms with Crippen LogP contribution in [0.2, 0.25) is 4.34 Å². The van der Waals surface area contributed by atoms with Crippen molar-refractivity contribution in [3.05, 3.63) is 39.4 Å². The Morgan fingerprint density at radius 1 is 1.31 bits per heavy atom. The molecule has 0 bridgehead atoms. The predicted octanol–water partition coefficient (Wildman–Crippen LogP) is 2.06. The van der Waals surface area contributed by atoms with Gasteiger partial charge in [-0.3, -0.25) is 0 Å². The number of nitrogens with two attached hydrogens (primary N) is 1. The van der Waals surface area contributed by atoms with Crippen LogP contribution in [0.1, 0.15) is 10.7 Å². The van der Waals surface area contributed by atoms with Crippen molar-refractivity contribution in [3.63, 3.8) is 0 Å². The number of nitrogens with zero attached hydrogens (tertiary/aromatic N) is 2. The fraction of sp³-hybridized carbons (Fsp3) is 0.200. The normalized spacial score (nSPS) is 10.6. The van der Waals surface area contributed by atoms with E-state index in [1.165, 1.54) is 4.88 Å². The van der Waals surface area contributed by atoms with Crippen molar-refractivity contribution in [2.75, 3.05) is 5.73 Å². The Hall–Kier alpha value is -1.17. The molecule has 2 aromatic rings. The van der Waals surface area contributed by atoms with Gasteiger partial charge in [0.15, 0.2) is 0 Å². The highest BCUT2D eigenvalue weighted by Gasteiger charge is 1.99. The third-order valence-corrected chi connectivity index (χ3v) is 3.17. The van der Waals surface area contributed by atoms with Gasteiger partial charge in [-0.15, -0.1) is 11.3 Å². The molecule has 4 nitrogen and oxygen atoms in total. The summed E-state index contributed by atoms with van der Waals surface area (Å²) in [5, 5.41) is 3.23. The van der Waals surface area contributed by atoms with Gasteiger partial charge in [0, 0.05) is 17.6 Å². The molecule has 0 aliphatic carbocycles. The van der Waals surface area contributed by atoms with E-state index >= 15 is 0 Å². The zero-order valence-corrected chi connectivity index (χ0v) is 10.1. The standard InChI is InChI=1S/C10H11ClN4S/c11-8-2-1-7(16-8)5-13-6-10-14-4-3-9(12)15-10/h1-4,13H,5-6H2,(H2,12,14,15). The van der Waals surface area contributed by atoms with Crippen molar-refractivity contribution < 1.29 is 0 Å². The minimum absolute atomic E-state index is 0.492. The highest BCUT2D eigenvalue weighted by molar-refractivity contribution is 7.16. The molecular weight excluding hydrogens is 244 g/mol. The van der Waals surface area contributed by atoms with E-state index in [2.05, 4.69) is 15.3 Å². The fourth-order valence-corrected chi connectivity index (χ4v) is 2.30. The van der Waals surface area contributed by atoms with Gasteiger partial charge < -0.3 is 11.1 Å². The van der Waals surface area contributed by atoms with E-state index in [1.54, 1.807) is 23.6 Å². The Morgan fingerprint density at radius 2 is 2.19 bits per heavy atom. The molecule has 0 saturated carbocycles. The van der Waals surface area contributed by atoms with E-state index < -0.39 is 0 Å². The van der Waals surface area contributed by atoms with Crippen LogP contribution in [-0.2, 0) is 13.1 Å². The van der Waals surface area contributed by atoms with Crippen LogP contribution in [0.15, 0.2) is 24.4 Å². The van der Waals surface area contributed by atoms with Crippen molar-refractivity contribution in [2.45, 2.75) is 13.1 Å². The van der Waals surface area contributed by atoms with E-state index in [-0.39, 0.29) is 0 Å². The summed E-state index contributed by atoms with van der Waals surface area (Å²) < 4.78 is 0.803. The highest BCUT2D eigenvalue weighted by Crippen LogP contribution is 2.20. The van der Waals surface area contributed by atoms with Gasteiger partial charge in [-0.25, -0.2) is 9.97 Å². The highest BCUT2D eigenvalue weighted by atomic mass is 35.5. The first kappa shape index (κ1) is 11.3. The first-order valence-corrected chi connectivity index (χ1v) is 5.96. The largest absolute Gasteiger partial charge is 0.384 e. The number of rotatable bonds is 4. The van der Waals surface area contributed by atoms with Crippen molar-refractivity contribution in [1.82, 2.24) is 15.3 Å².